The molecule has 7 heteroatoms. The first kappa shape index (κ1) is 17.2. The molecule has 1 aromatic rings. The van der Waals surface area contributed by atoms with E-state index in [1.54, 1.807) is 12.1 Å². The minimum Gasteiger partial charge on any atom is -0.349 e. The van der Waals surface area contributed by atoms with Gasteiger partial charge < -0.3 is 5.32 Å². The van der Waals surface area contributed by atoms with Gasteiger partial charge in [-0.2, -0.15) is 0 Å². The predicted molar refractivity (Wildman–Crippen MR) is 87.2 cm³/mol. The van der Waals surface area contributed by atoms with E-state index in [1.807, 2.05) is 19.1 Å². The molecule has 0 saturated carbocycles. The van der Waals surface area contributed by atoms with E-state index in [1.165, 1.54) is 10.6 Å². The second-order valence-electron chi connectivity index (χ2n) is 5.74. The van der Waals surface area contributed by atoms with E-state index < -0.39 is 10.0 Å². The lowest BCUT2D eigenvalue weighted by atomic mass is 9.98. The molecule has 0 bridgehead atoms. The summed E-state index contributed by atoms with van der Waals surface area (Å²) in [6.45, 7) is 2.66. The number of hydrogen-bond donors (Lipinski definition) is 1. The van der Waals surface area contributed by atoms with Crippen LogP contribution in [0.4, 0.5) is 0 Å². The number of hydrogen-bond acceptors (Lipinski definition) is 3. The molecule has 0 aromatic heterocycles. The highest BCUT2D eigenvalue weighted by atomic mass is 35.5. The summed E-state index contributed by atoms with van der Waals surface area (Å²) in [5, 5.41) is 3.61. The Balaban J connectivity index is 1.98. The fourth-order valence-corrected chi connectivity index (χ4v) is 3.66. The summed E-state index contributed by atoms with van der Waals surface area (Å²) in [6.07, 6.45) is 2.61. The molecular weight excluding hydrogens is 324 g/mol. The maximum absolute atomic E-state index is 12.4. The fraction of sp³-hybridized carbons (Fsp3) is 0.533. The Morgan fingerprint density at radius 3 is 2.59 bits per heavy atom. The molecule has 2 atom stereocenters. The van der Waals surface area contributed by atoms with Crippen LogP contribution in [0.15, 0.2) is 24.3 Å². The molecule has 0 radical (unpaired) electrons. The maximum atomic E-state index is 12.4. The van der Waals surface area contributed by atoms with Gasteiger partial charge in [-0.1, -0.05) is 23.7 Å². The molecule has 1 amide bonds. The van der Waals surface area contributed by atoms with E-state index in [2.05, 4.69) is 5.32 Å². The molecule has 1 aromatic carbocycles. The van der Waals surface area contributed by atoms with E-state index in [9.17, 15) is 13.2 Å². The second kappa shape index (κ2) is 6.98. The first-order valence-electron chi connectivity index (χ1n) is 7.28. The van der Waals surface area contributed by atoms with Gasteiger partial charge in [0.1, 0.15) is 0 Å². The van der Waals surface area contributed by atoms with Gasteiger partial charge in [0.05, 0.1) is 18.2 Å². The highest BCUT2D eigenvalue weighted by molar-refractivity contribution is 7.88. The lowest BCUT2D eigenvalue weighted by Crippen LogP contribution is -2.45. The Labute approximate surface area is 136 Å². The van der Waals surface area contributed by atoms with Crippen LogP contribution >= 0.6 is 11.6 Å². The maximum Gasteiger partial charge on any atom is 0.224 e. The first-order chi connectivity index (χ1) is 10.3. The lowest BCUT2D eigenvalue weighted by molar-refractivity contribution is -0.126. The molecule has 0 unspecified atom stereocenters. The van der Waals surface area contributed by atoms with Gasteiger partial charge in [-0.25, -0.2) is 12.7 Å². The van der Waals surface area contributed by atoms with Crippen molar-refractivity contribution < 1.29 is 13.2 Å². The van der Waals surface area contributed by atoms with Crippen molar-refractivity contribution in [1.82, 2.24) is 9.62 Å². The summed E-state index contributed by atoms with van der Waals surface area (Å²) in [4.78, 5) is 12.4. The van der Waals surface area contributed by atoms with Crippen LogP contribution in [0.25, 0.3) is 0 Å². The molecule has 1 aliphatic rings. The molecule has 0 aliphatic carbocycles. The zero-order valence-corrected chi connectivity index (χ0v) is 14.3. The number of rotatable bonds is 4. The number of amides is 1. The lowest BCUT2D eigenvalue weighted by Gasteiger charge is -2.30. The van der Waals surface area contributed by atoms with Gasteiger partial charge in [-0.15, -0.1) is 0 Å². The molecule has 1 saturated heterocycles. The summed E-state index contributed by atoms with van der Waals surface area (Å²) in [5.74, 6) is -0.394. The van der Waals surface area contributed by atoms with Crippen molar-refractivity contribution in [2.45, 2.75) is 25.8 Å². The number of carbonyl (C=O) groups is 1. The fourth-order valence-electron chi connectivity index (χ4n) is 2.62. The average Bonchev–Trinajstić information content (AvgIpc) is 2.47. The molecule has 122 valence electrons. The van der Waals surface area contributed by atoms with Crippen molar-refractivity contribution in [1.29, 1.82) is 0 Å². The molecule has 0 spiro atoms. The summed E-state index contributed by atoms with van der Waals surface area (Å²) < 4.78 is 24.6. The summed E-state index contributed by atoms with van der Waals surface area (Å²) in [6, 6.07) is 7.17. The topological polar surface area (TPSA) is 66.5 Å². The van der Waals surface area contributed by atoms with Crippen molar-refractivity contribution in [3.05, 3.63) is 34.9 Å². The van der Waals surface area contributed by atoms with Gasteiger partial charge >= 0.3 is 0 Å². The summed E-state index contributed by atoms with van der Waals surface area (Å²) >= 11 is 5.85. The van der Waals surface area contributed by atoms with Crippen LogP contribution in [0.2, 0.25) is 5.02 Å². The first-order valence-corrected chi connectivity index (χ1v) is 9.51. The van der Waals surface area contributed by atoms with Crippen molar-refractivity contribution in [2.24, 2.45) is 5.92 Å². The van der Waals surface area contributed by atoms with Crippen LogP contribution in [-0.4, -0.2) is 38.0 Å². The summed E-state index contributed by atoms with van der Waals surface area (Å²) in [5.41, 5.74) is 0.966. The van der Waals surface area contributed by atoms with E-state index >= 15 is 0 Å². The third-order valence-corrected chi connectivity index (χ3v) is 5.47. The minimum absolute atomic E-state index is 0.101. The minimum atomic E-state index is -3.24. The van der Waals surface area contributed by atoms with Crippen LogP contribution in [0.3, 0.4) is 0 Å². The van der Waals surface area contributed by atoms with Gasteiger partial charge in [-0.05, 0) is 37.5 Å². The van der Waals surface area contributed by atoms with E-state index in [0.29, 0.717) is 24.4 Å². The SMILES string of the molecule is C[C@@H](NC(=O)[C@@H]1CCCN(S(C)(=O)=O)C1)c1ccc(Cl)cc1. The van der Waals surface area contributed by atoms with Crippen molar-refractivity contribution in [2.75, 3.05) is 19.3 Å². The molecular formula is C15H21ClN2O3S. The Hall–Kier alpha value is -1.11. The highest BCUT2D eigenvalue weighted by Gasteiger charge is 2.30. The summed E-state index contributed by atoms with van der Waals surface area (Å²) in [7, 11) is -3.24. The van der Waals surface area contributed by atoms with Gasteiger partial charge in [0.2, 0.25) is 15.9 Å². The zero-order valence-electron chi connectivity index (χ0n) is 12.8. The quantitative estimate of drug-likeness (QED) is 0.910. The Kier molecular flexibility index (Phi) is 5.47. The normalized spacial score (nSPS) is 21.3. The Bertz CT molecular complexity index is 631. The monoisotopic (exact) mass is 344 g/mol. The average molecular weight is 345 g/mol. The number of nitrogens with one attached hydrogen (secondary N) is 1. The van der Waals surface area contributed by atoms with Crippen LogP contribution in [-0.2, 0) is 14.8 Å². The highest BCUT2D eigenvalue weighted by Crippen LogP contribution is 2.21. The van der Waals surface area contributed by atoms with Crippen LogP contribution in [0, 0.1) is 5.92 Å². The van der Waals surface area contributed by atoms with Gasteiger partial charge in [-0.3, -0.25) is 4.79 Å². The Morgan fingerprint density at radius 1 is 1.36 bits per heavy atom. The number of nitrogens with zero attached hydrogens (tertiary/aromatic N) is 1. The molecule has 1 heterocycles. The largest absolute Gasteiger partial charge is 0.349 e. The molecule has 2 rings (SSSR count). The van der Waals surface area contributed by atoms with E-state index in [-0.39, 0.29) is 24.4 Å². The predicted octanol–water partition coefficient (Wildman–Crippen LogP) is 2.19. The number of sulfonamides is 1. The van der Waals surface area contributed by atoms with Crippen molar-refractivity contribution >= 4 is 27.5 Å². The number of piperidine rings is 1. The van der Waals surface area contributed by atoms with E-state index in [4.69, 9.17) is 11.6 Å². The second-order valence-corrected chi connectivity index (χ2v) is 8.16. The van der Waals surface area contributed by atoms with Crippen LogP contribution < -0.4 is 5.32 Å². The van der Waals surface area contributed by atoms with Gasteiger partial charge in [0.25, 0.3) is 0 Å². The van der Waals surface area contributed by atoms with Crippen molar-refractivity contribution in [3.63, 3.8) is 0 Å². The van der Waals surface area contributed by atoms with Crippen molar-refractivity contribution in [3.8, 4) is 0 Å². The number of carbonyl (C=O) groups excluding carboxylic acids is 1. The van der Waals surface area contributed by atoms with E-state index in [0.717, 1.165) is 5.56 Å². The molecule has 5 nitrogen and oxygen atoms in total. The molecule has 1 fully saturated rings. The standard InChI is InChI=1S/C15H21ClN2O3S/c1-11(12-5-7-14(16)8-6-12)17-15(19)13-4-3-9-18(10-13)22(2,20)21/h5-8,11,13H,3-4,9-10H2,1-2H3,(H,17,19)/t11-,13-/m1/s1. The number of benzene rings is 1. The van der Waals surface area contributed by atoms with Gasteiger partial charge in [0.15, 0.2) is 0 Å². The Morgan fingerprint density at radius 2 is 2.00 bits per heavy atom. The smallest absolute Gasteiger partial charge is 0.224 e. The number of halogens is 1. The molecule has 22 heavy (non-hydrogen) atoms. The van der Waals surface area contributed by atoms with Crippen LogP contribution in [0.1, 0.15) is 31.4 Å². The zero-order chi connectivity index (χ0) is 16.3. The third-order valence-electron chi connectivity index (χ3n) is 3.95. The third kappa shape index (κ3) is 4.44. The molecule has 1 N–H and O–H groups in total. The molecule has 1 aliphatic heterocycles. The van der Waals surface area contributed by atoms with Crippen LogP contribution in [0.5, 0.6) is 0 Å². The van der Waals surface area contributed by atoms with Gasteiger partial charge in [0, 0.05) is 18.1 Å².